The van der Waals surface area contributed by atoms with E-state index in [2.05, 4.69) is 30.6 Å². The third-order valence-corrected chi connectivity index (χ3v) is 8.41. The van der Waals surface area contributed by atoms with Crippen LogP contribution in [0.25, 0.3) is 0 Å². The van der Waals surface area contributed by atoms with E-state index in [1.54, 1.807) is 11.8 Å². The fourth-order valence-electron chi connectivity index (χ4n) is 1.43. The fraction of sp³-hybridized carbons (Fsp3) is 0.700. The first kappa shape index (κ1) is 13.4. The molecule has 0 unspecified atom stereocenters. The average Bonchev–Trinajstić information content (AvgIpc) is 2.56. The van der Waals surface area contributed by atoms with Gasteiger partial charge in [0, 0.05) is 0 Å². The molecular formula is C10H20N2OSSn. The summed E-state index contributed by atoms with van der Waals surface area (Å²) in [7, 11) is 0. The molecule has 15 heavy (non-hydrogen) atoms. The van der Waals surface area contributed by atoms with E-state index in [1.807, 2.05) is 13.1 Å². The van der Waals surface area contributed by atoms with Gasteiger partial charge in [0.25, 0.3) is 0 Å². The molecule has 0 N–H and O–H groups in total. The van der Waals surface area contributed by atoms with Gasteiger partial charge in [0.2, 0.25) is 0 Å². The van der Waals surface area contributed by atoms with Crippen LogP contribution < -0.4 is 3.71 Å². The van der Waals surface area contributed by atoms with Gasteiger partial charge in [0.15, 0.2) is 0 Å². The Kier molecular flexibility index (Phi) is 4.99. The summed E-state index contributed by atoms with van der Waals surface area (Å²) in [5.41, 5.74) is 0. The first-order chi connectivity index (χ1) is 7.00. The van der Waals surface area contributed by atoms with E-state index in [0.29, 0.717) is 6.73 Å². The molecule has 1 aromatic rings. The standard InChI is InChI=1S/C7H11N2OS.3CH3.Sn/c1-3-10-6-9-5-4-8-7(9)11-2;;;;/h4H,3,6H2,1-2H3;3*1H3;. The van der Waals surface area contributed by atoms with Crippen LogP contribution in [0.15, 0.2) is 11.4 Å². The Hall–Kier alpha value is 0.319. The molecule has 0 amide bonds. The van der Waals surface area contributed by atoms with Crippen molar-refractivity contribution < 1.29 is 4.74 Å². The molecule has 0 atom stereocenters. The van der Waals surface area contributed by atoms with Gasteiger partial charge in [-0.15, -0.1) is 0 Å². The Morgan fingerprint density at radius 1 is 1.47 bits per heavy atom. The third kappa shape index (κ3) is 3.39. The predicted molar refractivity (Wildman–Crippen MR) is 68.6 cm³/mol. The minimum atomic E-state index is -2.05. The van der Waals surface area contributed by atoms with E-state index in [9.17, 15) is 0 Å². The third-order valence-electron chi connectivity index (χ3n) is 2.19. The van der Waals surface area contributed by atoms with E-state index in [-0.39, 0.29) is 0 Å². The molecule has 0 spiro atoms. The summed E-state index contributed by atoms with van der Waals surface area (Å²) in [6.07, 6.45) is 4.10. The number of imidazole rings is 1. The minimum absolute atomic E-state index is 0.649. The van der Waals surface area contributed by atoms with Gasteiger partial charge in [-0.3, -0.25) is 0 Å². The van der Waals surface area contributed by atoms with Crippen molar-refractivity contribution in [3.8, 4) is 0 Å². The maximum atomic E-state index is 5.50. The summed E-state index contributed by atoms with van der Waals surface area (Å²) in [5.74, 6) is 0. The van der Waals surface area contributed by atoms with Crippen molar-refractivity contribution in [2.24, 2.45) is 0 Å². The van der Waals surface area contributed by atoms with E-state index < -0.39 is 18.4 Å². The van der Waals surface area contributed by atoms with E-state index in [1.165, 1.54) is 3.71 Å². The second-order valence-electron chi connectivity index (χ2n) is 4.43. The summed E-state index contributed by atoms with van der Waals surface area (Å²) in [6.45, 7) is 3.43. The molecule has 0 saturated carbocycles. The van der Waals surface area contributed by atoms with Gasteiger partial charge < -0.3 is 0 Å². The Morgan fingerprint density at radius 3 is 2.60 bits per heavy atom. The summed E-state index contributed by atoms with van der Waals surface area (Å²) >= 11 is -0.358. The molecule has 3 nitrogen and oxygen atoms in total. The van der Waals surface area contributed by atoms with Crippen LogP contribution in [0.5, 0.6) is 0 Å². The van der Waals surface area contributed by atoms with E-state index in [0.717, 1.165) is 11.8 Å². The summed E-state index contributed by atoms with van der Waals surface area (Å²) in [4.78, 5) is 11.7. The Balaban J connectivity index is 3.00. The number of hydrogen-bond acceptors (Lipinski definition) is 3. The quantitative estimate of drug-likeness (QED) is 0.610. The van der Waals surface area contributed by atoms with Crippen LogP contribution in [0.2, 0.25) is 14.8 Å². The van der Waals surface area contributed by atoms with Gasteiger partial charge >= 0.3 is 101 Å². The number of nitrogens with zero attached hydrogens (tertiary/aromatic N) is 2. The van der Waals surface area contributed by atoms with Crippen molar-refractivity contribution in [3.63, 3.8) is 0 Å². The molecule has 1 heterocycles. The number of rotatable bonds is 5. The van der Waals surface area contributed by atoms with Gasteiger partial charge in [-0.25, -0.2) is 0 Å². The monoisotopic (exact) mass is 336 g/mol. The second-order valence-corrected chi connectivity index (χ2v) is 19.5. The van der Waals surface area contributed by atoms with E-state index in [4.69, 9.17) is 4.74 Å². The molecule has 0 saturated heterocycles. The SMILES string of the molecule is CCOCn1[c]([Sn]([CH3])([CH3])[CH3])cnc1SC. The molecule has 86 valence electrons. The first-order valence-electron chi connectivity index (χ1n) is 5.18. The number of ether oxygens (including phenoxy) is 1. The first-order valence-corrected chi connectivity index (χ1v) is 16.4. The molecule has 0 bridgehead atoms. The molecule has 0 fully saturated rings. The molecule has 1 aromatic heterocycles. The molecule has 0 radical (unpaired) electrons. The van der Waals surface area contributed by atoms with E-state index >= 15 is 0 Å². The molecule has 5 heteroatoms. The predicted octanol–water partition coefficient (Wildman–Crippen LogP) is 2.14. The zero-order valence-corrected chi connectivity index (χ0v) is 13.9. The number of aromatic nitrogens is 2. The molecule has 0 aliphatic rings. The van der Waals surface area contributed by atoms with Crippen LogP contribution >= 0.6 is 11.8 Å². The molecule has 0 aromatic carbocycles. The van der Waals surface area contributed by atoms with Crippen LogP contribution in [0, 0.1) is 0 Å². The van der Waals surface area contributed by atoms with Gasteiger partial charge in [0.05, 0.1) is 0 Å². The van der Waals surface area contributed by atoms with Crippen molar-refractivity contribution in [1.29, 1.82) is 0 Å². The topological polar surface area (TPSA) is 27.1 Å². The molecule has 0 aliphatic heterocycles. The zero-order chi connectivity index (χ0) is 11.5. The van der Waals surface area contributed by atoms with Gasteiger partial charge in [-0.2, -0.15) is 0 Å². The second kappa shape index (κ2) is 5.59. The Bertz CT molecular complexity index is 320. The normalized spacial score (nSPS) is 12.1. The average molecular weight is 335 g/mol. The zero-order valence-electron chi connectivity index (χ0n) is 10.2. The van der Waals surface area contributed by atoms with Gasteiger partial charge in [0.1, 0.15) is 0 Å². The van der Waals surface area contributed by atoms with Crippen LogP contribution in [0.1, 0.15) is 6.92 Å². The van der Waals surface area contributed by atoms with Gasteiger partial charge in [-0.05, 0) is 0 Å². The molecule has 1 rings (SSSR count). The van der Waals surface area contributed by atoms with Crippen LogP contribution in [0.3, 0.4) is 0 Å². The Labute approximate surface area is 100 Å². The van der Waals surface area contributed by atoms with Crippen molar-refractivity contribution in [2.75, 3.05) is 12.9 Å². The summed E-state index contributed by atoms with van der Waals surface area (Å²) in [5, 5.41) is 1.07. The fourth-order valence-corrected chi connectivity index (χ4v) is 6.28. The number of thioether (sulfide) groups is 1. The van der Waals surface area contributed by atoms with Crippen LogP contribution in [-0.2, 0) is 11.5 Å². The van der Waals surface area contributed by atoms with Crippen LogP contribution in [0.4, 0.5) is 0 Å². The maximum absolute atomic E-state index is 5.50. The van der Waals surface area contributed by atoms with Crippen molar-refractivity contribution in [3.05, 3.63) is 6.20 Å². The summed E-state index contributed by atoms with van der Waals surface area (Å²) < 4.78 is 9.17. The Morgan fingerprint density at radius 2 is 2.13 bits per heavy atom. The van der Waals surface area contributed by atoms with Crippen molar-refractivity contribution in [2.45, 2.75) is 33.6 Å². The van der Waals surface area contributed by atoms with Crippen molar-refractivity contribution >= 4 is 33.8 Å². The van der Waals surface area contributed by atoms with Gasteiger partial charge in [-0.1, -0.05) is 0 Å². The molecular weight excluding hydrogens is 315 g/mol. The summed E-state index contributed by atoms with van der Waals surface area (Å²) in [6, 6.07) is 0. The molecule has 0 aliphatic carbocycles. The number of hydrogen-bond donors (Lipinski definition) is 0. The van der Waals surface area contributed by atoms with Crippen LogP contribution in [-0.4, -0.2) is 40.8 Å². The van der Waals surface area contributed by atoms with Crippen molar-refractivity contribution in [1.82, 2.24) is 9.55 Å².